The Bertz CT molecular complexity index is 907. The van der Waals surface area contributed by atoms with Crippen molar-refractivity contribution >= 4 is 28.5 Å². The average molecular weight is 362 g/mol. The number of piperidine rings is 1. The number of nitrogens with one attached hydrogen (secondary N) is 2. The van der Waals surface area contributed by atoms with Crippen molar-refractivity contribution in [1.82, 2.24) is 25.3 Å². The van der Waals surface area contributed by atoms with E-state index in [1.807, 2.05) is 0 Å². The lowest BCUT2D eigenvalue weighted by atomic mass is 10.1. The number of nitrogens with two attached hydrogens (primary N) is 1. The number of H-pyrrole nitrogens is 1. The minimum Gasteiger partial charge on any atom is -0.345 e. The summed E-state index contributed by atoms with van der Waals surface area (Å²) in [6.45, 7) is 1.65. The summed E-state index contributed by atoms with van der Waals surface area (Å²) < 4.78 is 14.3. The lowest BCUT2D eigenvalue weighted by molar-refractivity contribution is 0.428. The number of halogens is 2. The lowest BCUT2D eigenvalue weighted by Gasteiger charge is -2.31. The normalized spacial score (nSPS) is 17.8. The Balaban J connectivity index is 1.74. The van der Waals surface area contributed by atoms with Crippen molar-refractivity contribution in [2.75, 3.05) is 18.1 Å². The first-order valence-corrected chi connectivity index (χ1v) is 8.41. The molecule has 3 aromatic rings. The third kappa shape index (κ3) is 3.04. The monoisotopic (exact) mass is 361 g/mol. The first-order chi connectivity index (χ1) is 12.1. The van der Waals surface area contributed by atoms with Crippen LogP contribution in [-0.2, 0) is 0 Å². The Kier molecular flexibility index (Phi) is 4.24. The fourth-order valence-corrected chi connectivity index (χ4v) is 3.23. The van der Waals surface area contributed by atoms with E-state index in [-0.39, 0.29) is 11.9 Å². The van der Waals surface area contributed by atoms with Gasteiger partial charge >= 0.3 is 0 Å². The number of hydrogen-bond acceptors (Lipinski definition) is 6. The van der Waals surface area contributed by atoms with Gasteiger partial charge in [0.25, 0.3) is 0 Å². The minimum atomic E-state index is -0.548. The molecular weight excluding hydrogens is 345 g/mol. The van der Waals surface area contributed by atoms with Crippen LogP contribution in [0.1, 0.15) is 12.8 Å². The van der Waals surface area contributed by atoms with Gasteiger partial charge in [-0.25, -0.2) is 25.2 Å². The van der Waals surface area contributed by atoms with Crippen molar-refractivity contribution in [2.45, 2.75) is 18.9 Å². The minimum absolute atomic E-state index is 0.00919. The zero-order valence-electron chi connectivity index (χ0n) is 13.3. The van der Waals surface area contributed by atoms with Crippen LogP contribution in [0.15, 0.2) is 24.7 Å². The molecule has 9 heteroatoms. The van der Waals surface area contributed by atoms with E-state index in [1.165, 1.54) is 5.01 Å². The summed E-state index contributed by atoms with van der Waals surface area (Å²) in [7, 11) is 0. The molecule has 25 heavy (non-hydrogen) atoms. The summed E-state index contributed by atoms with van der Waals surface area (Å²) in [5.74, 6) is 6.06. The highest BCUT2D eigenvalue weighted by Crippen LogP contribution is 2.29. The number of aromatic amines is 1. The van der Waals surface area contributed by atoms with Crippen LogP contribution >= 0.6 is 11.6 Å². The van der Waals surface area contributed by atoms with Crippen LogP contribution < -0.4 is 16.2 Å². The van der Waals surface area contributed by atoms with Gasteiger partial charge in [-0.15, -0.1) is 0 Å². The van der Waals surface area contributed by atoms with Gasteiger partial charge in [-0.05, 0) is 25.5 Å². The fraction of sp³-hybridized carbons (Fsp3) is 0.312. The molecule has 0 spiro atoms. The predicted octanol–water partition coefficient (Wildman–Crippen LogP) is 2.24. The highest BCUT2D eigenvalue weighted by Gasteiger charge is 2.23. The molecule has 0 saturated carbocycles. The van der Waals surface area contributed by atoms with E-state index in [0.717, 1.165) is 31.0 Å². The summed E-state index contributed by atoms with van der Waals surface area (Å²) in [6, 6.07) is 1.76. The number of rotatable bonds is 3. The number of aromatic nitrogens is 4. The molecule has 0 aromatic carbocycles. The maximum atomic E-state index is 14.3. The third-order valence-electron chi connectivity index (χ3n) is 4.37. The molecule has 3 aromatic heterocycles. The molecule has 130 valence electrons. The first kappa shape index (κ1) is 16.2. The van der Waals surface area contributed by atoms with Crippen LogP contribution in [-0.4, -0.2) is 39.1 Å². The number of anilines is 1. The van der Waals surface area contributed by atoms with Crippen molar-refractivity contribution in [3.8, 4) is 11.4 Å². The lowest BCUT2D eigenvalue weighted by Crippen LogP contribution is -2.50. The maximum absolute atomic E-state index is 14.3. The summed E-state index contributed by atoms with van der Waals surface area (Å²) in [5, 5.41) is 5.93. The van der Waals surface area contributed by atoms with Gasteiger partial charge in [-0.1, -0.05) is 11.6 Å². The second-order valence-corrected chi connectivity index (χ2v) is 6.46. The quantitative estimate of drug-likeness (QED) is 0.489. The van der Waals surface area contributed by atoms with Crippen LogP contribution in [0.25, 0.3) is 22.4 Å². The van der Waals surface area contributed by atoms with Crippen LogP contribution in [0, 0.1) is 5.82 Å². The summed E-state index contributed by atoms with van der Waals surface area (Å²) in [5.41, 5.74) is 1.36. The van der Waals surface area contributed by atoms with Gasteiger partial charge in [-0.3, -0.25) is 5.01 Å². The second-order valence-electron chi connectivity index (χ2n) is 6.02. The van der Waals surface area contributed by atoms with E-state index in [2.05, 4.69) is 25.3 Å². The maximum Gasteiger partial charge on any atom is 0.185 e. The van der Waals surface area contributed by atoms with E-state index in [0.29, 0.717) is 28.6 Å². The van der Waals surface area contributed by atoms with E-state index in [1.54, 1.807) is 18.5 Å². The largest absolute Gasteiger partial charge is 0.345 e. The van der Waals surface area contributed by atoms with Crippen LogP contribution in [0.3, 0.4) is 0 Å². The third-order valence-corrected chi connectivity index (χ3v) is 4.58. The van der Waals surface area contributed by atoms with Gasteiger partial charge in [0.15, 0.2) is 17.5 Å². The molecule has 0 radical (unpaired) electrons. The Morgan fingerprint density at radius 1 is 1.32 bits per heavy atom. The molecule has 1 aliphatic heterocycles. The molecule has 1 aliphatic rings. The SMILES string of the molecule is NN(c1nc(-c2c[nH]c3ncc(Cl)cc23)ncc1F)[C@H]1CCCNC1. The summed E-state index contributed by atoms with van der Waals surface area (Å²) in [6.07, 6.45) is 6.30. The molecule has 1 fully saturated rings. The zero-order valence-corrected chi connectivity index (χ0v) is 14.1. The summed E-state index contributed by atoms with van der Waals surface area (Å²) >= 11 is 6.03. The van der Waals surface area contributed by atoms with Gasteiger partial charge in [0.1, 0.15) is 5.65 Å². The van der Waals surface area contributed by atoms with Gasteiger partial charge in [0, 0.05) is 29.9 Å². The van der Waals surface area contributed by atoms with Gasteiger partial charge in [0.05, 0.1) is 17.3 Å². The van der Waals surface area contributed by atoms with Crippen molar-refractivity contribution in [3.05, 3.63) is 35.5 Å². The van der Waals surface area contributed by atoms with Crippen LogP contribution in [0.5, 0.6) is 0 Å². The van der Waals surface area contributed by atoms with Gasteiger partial charge in [-0.2, -0.15) is 0 Å². The number of nitrogens with zero attached hydrogens (tertiary/aromatic N) is 4. The van der Waals surface area contributed by atoms with Crippen molar-refractivity contribution in [3.63, 3.8) is 0 Å². The number of pyridine rings is 1. The number of hydrogen-bond donors (Lipinski definition) is 3. The Hall–Kier alpha value is -2.29. The fourth-order valence-electron chi connectivity index (χ4n) is 3.08. The van der Waals surface area contributed by atoms with E-state index in [9.17, 15) is 4.39 Å². The van der Waals surface area contributed by atoms with E-state index in [4.69, 9.17) is 17.4 Å². The van der Waals surface area contributed by atoms with Crippen LogP contribution in [0.4, 0.5) is 10.2 Å². The molecule has 4 N–H and O–H groups in total. The standard InChI is InChI=1S/C16H17ClFN7/c17-9-4-11-12(7-22-14(11)21-5-9)15-23-8-13(18)16(24-15)25(19)10-2-1-3-20-6-10/h4-5,7-8,10,20H,1-3,6,19H2,(H,21,22)/t10-/m0/s1. The topological polar surface area (TPSA) is 95.8 Å². The molecule has 7 nitrogen and oxygen atoms in total. The molecule has 1 atom stereocenters. The van der Waals surface area contributed by atoms with Crippen molar-refractivity contribution in [2.24, 2.45) is 5.84 Å². The highest BCUT2D eigenvalue weighted by molar-refractivity contribution is 6.31. The second kappa shape index (κ2) is 6.55. The van der Waals surface area contributed by atoms with Crippen molar-refractivity contribution < 1.29 is 4.39 Å². The van der Waals surface area contributed by atoms with Gasteiger partial charge < -0.3 is 10.3 Å². The molecule has 4 heterocycles. The molecule has 0 amide bonds. The smallest absolute Gasteiger partial charge is 0.185 e. The van der Waals surface area contributed by atoms with Gasteiger partial charge in [0.2, 0.25) is 0 Å². The Labute approximate surface area is 148 Å². The Morgan fingerprint density at radius 2 is 2.20 bits per heavy atom. The number of hydrazine groups is 1. The summed E-state index contributed by atoms with van der Waals surface area (Å²) in [4.78, 5) is 15.7. The molecular formula is C16H17ClFN7. The molecule has 1 saturated heterocycles. The van der Waals surface area contributed by atoms with Crippen LogP contribution in [0.2, 0.25) is 5.02 Å². The zero-order chi connectivity index (χ0) is 17.4. The molecule has 0 aliphatic carbocycles. The van der Waals surface area contributed by atoms with E-state index < -0.39 is 5.82 Å². The predicted molar refractivity (Wildman–Crippen MR) is 94.6 cm³/mol. The average Bonchev–Trinajstić information content (AvgIpc) is 3.05. The molecule has 0 bridgehead atoms. The molecule has 4 rings (SSSR count). The van der Waals surface area contributed by atoms with E-state index >= 15 is 0 Å². The molecule has 0 unspecified atom stereocenters. The Morgan fingerprint density at radius 3 is 3.00 bits per heavy atom. The highest BCUT2D eigenvalue weighted by atomic mass is 35.5. The first-order valence-electron chi connectivity index (χ1n) is 8.03. The van der Waals surface area contributed by atoms with Crippen molar-refractivity contribution in [1.29, 1.82) is 0 Å². The number of fused-ring (bicyclic) bond motifs is 1.